The standard InChI is InChI=1S/C15H20N2O3/c1-10-8-17(9-12(10)15(19)20)14(18)13(16)7-11-5-3-2-4-6-11/h2-6,10,12-13H,7-9,16H2,1H3,(H,19,20)/t10?,12?,13-/m1/s1. The summed E-state index contributed by atoms with van der Waals surface area (Å²) in [5, 5.41) is 9.09. The van der Waals surface area contributed by atoms with Gasteiger partial charge >= 0.3 is 5.97 Å². The maximum absolute atomic E-state index is 12.3. The maximum Gasteiger partial charge on any atom is 0.308 e. The van der Waals surface area contributed by atoms with Crippen molar-refractivity contribution in [2.45, 2.75) is 19.4 Å². The highest BCUT2D eigenvalue weighted by Crippen LogP contribution is 2.23. The van der Waals surface area contributed by atoms with Crippen LogP contribution in [0, 0.1) is 11.8 Å². The normalized spacial score (nSPS) is 23.6. The van der Waals surface area contributed by atoms with Gasteiger partial charge in [-0.2, -0.15) is 0 Å². The van der Waals surface area contributed by atoms with Crippen molar-refractivity contribution in [2.75, 3.05) is 13.1 Å². The monoisotopic (exact) mass is 276 g/mol. The molecule has 1 aromatic rings. The number of carboxylic acid groups (broad SMARTS) is 1. The van der Waals surface area contributed by atoms with Crippen molar-refractivity contribution >= 4 is 11.9 Å². The SMILES string of the molecule is CC1CN(C(=O)[C@H](N)Cc2ccccc2)CC1C(=O)O. The Morgan fingerprint density at radius 3 is 2.55 bits per heavy atom. The molecule has 2 rings (SSSR count). The number of hydrogen-bond donors (Lipinski definition) is 2. The van der Waals surface area contributed by atoms with E-state index in [0.717, 1.165) is 5.56 Å². The summed E-state index contributed by atoms with van der Waals surface area (Å²) in [5.74, 6) is -1.52. The maximum atomic E-state index is 12.3. The van der Waals surface area contributed by atoms with Crippen molar-refractivity contribution < 1.29 is 14.7 Å². The molecule has 2 unspecified atom stereocenters. The Balaban J connectivity index is 1.96. The van der Waals surface area contributed by atoms with E-state index in [1.165, 1.54) is 0 Å². The minimum atomic E-state index is -0.843. The molecule has 0 radical (unpaired) electrons. The molecule has 0 saturated carbocycles. The van der Waals surface area contributed by atoms with Gasteiger partial charge in [0.2, 0.25) is 5.91 Å². The molecule has 0 aliphatic carbocycles. The van der Waals surface area contributed by atoms with Crippen LogP contribution in [0.25, 0.3) is 0 Å². The zero-order chi connectivity index (χ0) is 14.7. The summed E-state index contributed by atoms with van der Waals surface area (Å²) in [6, 6.07) is 8.98. The molecule has 0 bridgehead atoms. The molecule has 0 spiro atoms. The number of carbonyl (C=O) groups excluding carboxylic acids is 1. The number of benzene rings is 1. The number of nitrogens with two attached hydrogens (primary N) is 1. The van der Waals surface area contributed by atoms with Crippen LogP contribution in [0.1, 0.15) is 12.5 Å². The number of amides is 1. The number of carbonyl (C=O) groups is 2. The van der Waals surface area contributed by atoms with E-state index in [-0.39, 0.29) is 18.4 Å². The van der Waals surface area contributed by atoms with Crippen molar-refractivity contribution in [1.29, 1.82) is 0 Å². The molecule has 1 heterocycles. The van der Waals surface area contributed by atoms with Crippen molar-refractivity contribution in [3.05, 3.63) is 35.9 Å². The summed E-state index contributed by atoms with van der Waals surface area (Å²) in [6.07, 6.45) is 0.474. The smallest absolute Gasteiger partial charge is 0.308 e. The predicted molar refractivity (Wildman–Crippen MR) is 75.0 cm³/mol. The van der Waals surface area contributed by atoms with Crippen molar-refractivity contribution in [3.8, 4) is 0 Å². The quantitative estimate of drug-likeness (QED) is 0.849. The van der Waals surface area contributed by atoms with Crippen LogP contribution in [0.4, 0.5) is 0 Å². The molecule has 3 N–H and O–H groups in total. The Morgan fingerprint density at radius 2 is 2.00 bits per heavy atom. The largest absolute Gasteiger partial charge is 0.481 e. The lowest BCUT2D eigenvalue weighted by Gasteiger charge is -2.20. The van der Waals surface area contributed by atoms with Gasteiger partial charge in [0.25, 0.3) is 0 Å². The molecule has 1 aliphatic rings. The van der Waals surface area contributed by atoms with Gasteiger partial charge in [0.05, 0.1) is 12.0 Å². The fourth-order valence-electron chi connectivity index (χ4n) is 2.66. The van der Waals surface area contributed by atoms with Gasteiger partial charge in [0, 0.05) is 13.1 Å². The number of hydrogen-bond acceptors (Lipinski definition) is 3. The topological polar surface area (TPSA) is 83.6 Å². The van der Waals surface area contributed by atoms with Gasteiger partial charge in [-0.05, 0) is 17.9 Å². The molecular weight excluding hydrogens is 256 g/mol. The number of carboxylic acids is 1. The third kappa shape index (κ3) is 3.17. The lowest BCUT2D eigenvalue weighted by atomic mass is 9.99. The van der Waals surface area contributed by atoms with Gasteiger partial charge in [-0.25, -0.2) is 0 Å². The Bertz CT molecular complexity index is 489. The Kier molecular flexibility index (Phi) is 4.39. The summed E-state index contributed by atoms with van der Waals surface area (Å²) in [7, 11) is 0. The van der Waals surface area contributed by atoms with Crippen molar-refractivity contribution in [2.24, 2.45) is 17.6 Å². The minimum Gasteiger partial charge on any atom is -0.481 e. The average Bonchev–Trinajstić information content (AvgIpc) is 2.81. The first kappa shape index (κ1) is 14.5. The second-order valence-corrected chi connectivity index (χ2v) is 5.46. The van der Waals surface area contributed by atoms with E-state index in [1.807, 2.05) is 37.3 Å². The van der Waals surface area contributed by atoms with Gasteiger partial charge in [0.1, 0.15) is 0 Å². The Labute approximate surface area is 118 Å². The summed E-state index contributed by atoms with van der Waals surface area (Å²) < 4.78 is 0. The van der Waals surface area contributed by atoms with Gasteiger partial charge in [-0.1, -0.05) is 37.3 Å². The first-order valence-corrected chi connectivity index (χ1v) is 6.80. The van der Waals surface area contributed by atoms with Gasteiger partial charge in [0.15, 0.2) is 0 Å². The third-order valence-electron chi connectivity index (χ3n) is 3.86. The minimum absolute atomic E-state index is 0.0274. The molecule has 5 heteroatoms. The molecule has 20 heavy (non-hydrogen) atoms. The van der Waals surface area contributed by atoms with Gasteiger partial charge in [-0.3, -0.25) is 9.59 Å². The van der Waals surface area contributed by atoms with E-state index in [2.05, 4.69) is 0 Å². The lowest BCUT2D eigenvalue weighted by molar-refractivity contribution is -0.142. The van der Waals surface area contributed by atoms with Crippen LogP contribution in [0.15, 0.2) is 30.3 Å². The molecule has 1 amide bonds. The average molecular weight is 276 g/mol. The van der Waals surface area contributed by atoms with Crippen LogP contribution < -0.4 is 5.73 Å². The van der Waals surface area contributed by atoms with E-state index in [4.69, 9.17) is 10.8 Å². The van der Waals surface area contributed by atoms with Crippen molar-refractivity contribution in [1.82, 2.24) is 4.90 Å². The van der Waals surface area contributed by atoms with E-state index in [0.29, 0.717) is 13.0 Å². The Morgan fingerprint density at radius 1 is 1.35 bits per heavy atom. The number of aliphatic carboxylic acids is 1. The fraction of sp³-hybridized carbons (Fsp3) is 0.467. The van der Waals surface area contributed by atoms with E-state index in [1.54, 1.807) is 4.90 Å². The second-order valence-electron chi connectivity index (χ2n) is 5.46. The lowest BCUT2D eigenvalue weighted by Crippen LogP contribution is -2.44. The van der Waals surface area contributed by atoms with Crippen molar-refractivity contribution in [3.63, 3.8) is 0 Å². The summed E-state index contributed by atoms with van der Waals surface area (Å²) in [5.41, 5.74) is 6.97. The number of rotatable bonds is 4. The van der Waals surface area contributed by atoms with E-state index in [9.17, 15) is 9.59 Å². The molecule has 108 valence electrons. The number of nitrogens with zero attached hydrogens (tertiary/aromatic N) is 1. The van der Waals surface area contributed by atoms with Gasteiger partial charge in [-0.15, -0.1) is 0 Å². The highest BCUT2D eigenvalue weighted by atomic mass is 16.4. The molecule has 1 saturated heterocycles. The molecule has 3 atom stereocenters. The first-order valence-electron chi connectivity index (χ1n) is 6.80. The van der Waals surface area contributed by atoms with E-state index >= 15 is 0 Å². The molecule has 1 aromatic carbocycles. The summed E-state index contributed by atoms with van der Waals surface area (Å²) >= 11 is 0. The van der Waals surface area contributed by atoms with Gasteiger partial charge < -0.3 is 15.7 Å². The number of likely N-dealkylation sites (tertiary alicyclic amines) is 1. The van der Waals surface area contributed by atoms with Crippen LogP contribution in [-0.2, 0) is 16.0 Å². The van der Waals surface area contributed by atoms with E-state index < -0.39 is 17.9 Å². The molecular formula is C15H20N2O3. The zero-order valence-electron chi connectivity index (χ0n) is 11.5. The Hall–Kier alpha value is -1.88. The van der Waals surface area contributed by atoms with Crippen LogP contribution in [0.5, 0.6) is 0 Å². The van der Waals surface area contributed by atoms with Crippen LogP contribution >= 0.6 is 0 Å². The van der Waals surface area contributed by atoms with Crippen LogP contribution in [0.3, 0.4) is 0 Å². The third-order valence-corrected chi connectivity index (χ3v) is 3.86. The summed E-state index contributed by atoms with van der Waals surface area (Å²) in [6.45, 7) is 2.59. The fourth-order valence-corrected chi connectivity index (χ4v) is 2.66. The molecule has 1 fully saturated rings. The molecule has 5 nitrogen and oxygen atoms in total. The molecule has 1 aliphatic heterocycles. The highest BCUT2D eigenvalue weighted by molar-refractivity contribution is 5.83. The summed E-state index contributed by atoms with van der Waals surface area (Å²) in [4.78, 5) is 24.9. The predicted octanol–water partition coefficient (Wildman–Crippen LogP) is 0.735. The van der Waals surface area contributed by atoms with Crippen LogP contribution in [-0.4, -0.2) is 41.0 Å². The second kappa shape index (κ2) is 6.05. The first-order chi connectivity index (χ1) is 9.49. The zero-order valence-corrected chi connectivity index (χ0v) is 11.5. The highest BCUT2D eigenvalue weighted by Gasteiger charge is 2.38. The molecule has 0 aromatic heterocycles. The van der Waals surface area contributed by atoms with Crippen LogP contribution in [0.2, 0.25) is 0 Å².